The van der Waals surface area contributed by atoms with Crippen LogP contribution in [0.15, 0.2) is 95.9 Å². The van der Waals surface area contributed by atoms with Gasteiger partial charge in [0.05, 0.1) is 15.4 Å². The number of amides is 1. The van der Waals surface area contributed by atoms with Crippen LogP contribution in [0.5, 0.6) is 17.2 Å². The van der Waals surface area contributed by atoms with Gasteiger partial charge in [-0.05, 0) is 72.9 Å². The van der Waals surface area contributed by atoms with Crippen molar-refractivity contribution in [2.75, 3.05) is 56.2 Å². The van der Waals surface area contributed by atoms with Gasteiger partial charge in [0.15, 0.2) is 0 Å². The molecular weight excluding hydrogens is 705 g/mol. The minimum absolute atomic E-state index is 0.0424. The molecule has 15 nitrogen and oxygen atoms in total. The Labute approximate surface area is 307 Å². The summed E-state index contributed by atoms with van der Waals surface area (Å²) in [6.45, 7) is 5.06. The summed E-state index contributed by atoms with van der Waals surface area (Å²) in [5, 5.41) is 33.2. The fourth-order valence-electron chi connectivity index (χ4n) is 6.28. The lowest BCUT2D eigenvalue weighted by Gasteiger charge is -2.36. The van der Waals surface area contributed by atoms with Gasteiger partial charge in [-0.15, -0.1) is 0 Å². The van der Waals surface area contributed by atoms with Gasteiger partial charge in [0.25, 0.3) is 21.6 Å². The predicted octanol–water partition coefficient (Wildman–Crippen LogP) is 4.01. The summed E-state index contributed by atoms with van der Waals surface area (Å²) in [6.07, 6.45) is 1.64. The molecule has 53 heavy (non-hydrogen) atoms. The lowest BCUT2D eigenvalue weighted by Crippen LogP contribution is -2.46. The molecular formula is C36H40BN5O10S. The number of rotatable bonds is 14. The van der Waals surface area contributed by atoms with Crippen LogP contribution in [0.3, 0.4) is 0 Å². The fraction of sp³-hybridized carbons (Fsp3) is 0.306. The second-order valence-corrected chi connectivity index (χ2v) is 14.4. The van der Waals surface area contributed by atoms with E-state index in [9.17, 15) is 23.3 Å². The van der Waals surface area contributed by atoms with Crippen molar-refractivity contribution in [3.63, 3.8) is 0 Å². The molecule has 6 rings (SSSR count). The molecule has 1 amide bonds. The van der Waals surface area contributed by atoms with E-state index in [4.69, 9.17) is 24.2 Å². The second kappa shape index (κ2) is 17.1. The van der Waals surface area contributed by atoms with Crippen molar-refractivity contribution in [2.45, 2.75) is 24.3 Å². The Morgan fingerprint density at radius 2 is 1.66 bits per heavy atom. The molecule has 0 unspecified atom stereocenters. The van der Waals surface area contributed by atoms with Crippen molar-refractivity contribution in [2.24, 2.45) is 5.92 Å². The molecule has 2 aliphatic heterocycles. The van der Waals surface area contributed by atoms with Crippen LogP contribution in [0.4, 0.5) is 17.1 Å². The molecule has 278 valence electrons. The molecule has 17 heteroatoms. The molecule has 0 aromatic heterocycles. The lowest BCUT2D eigenvalue weighted by molar-refractivity contribution is -0.384. The minimum atomic E-state index is -4.53. The first-order valence-corrected chi connectivity index (χ1v) is 18.7. The van der Waals surface area contributed by atoms with E-state index in [1.807, 2.05) is 12.1 Å². The van der Waals surface area contributed by atoms with E-state index in [2.05, 4.69) is 19.8 Å². The maximum atomic E-state index is 13.6. The Morgan fingerprint density at radius 3 is 2.38 bits per heavy atom. The summed E-state index contributed by atoms with van der Waals surface area (Å²) in [7, 11) is -6.43. The lowest BCUT2D eigenvalue weighted by atomic mass is 10.0. The molecule has 2 heterocycles. The minimum Gasteiger partial charge on any atom is -0.512 e. The largest absolute Gasteiger partial charge is 0.707 e. The van der Waals surface area contributed by atoms with Gasteiger partial charge < -0.3 is 34.4 Å². The van der Waals surface area contributed by atoms with Crippen molar-refractivity contribution in [3.8, 4) is 17.2 Å². The molecule has 0 aliphatic carbocycles. The second-order valence-electron chi connectivity index (χ2n) is 12.8. The molecule has 4 aromatic carbocycles. The Kier molecular flexibility index (Phi) is 12.1. The average Bonchev–Trinajstić information content (AvgIpc) is 3.14. The molecule has 4 aromatic rings. The molecule has 0 radical (unpaired) electrons. The van der Waals surface area contributed by atoms with Gasteiger partial charge >= 0.3 is 7.32 Å². The molecule has 2 aliphatic rings. The van der Waals surface area contributed by atoms with Gasteiger partial charge in [0, 0.05) is 70.3 Å². The van der Waals surface area contributed by atoms with Crippen LogP contribution in [0, 0.1) is 16.0 Å². The Morgan fingerprint density at radius 1 is 0.925 bits per heavy atom. The van der Waals surface area contributed by atoms with Crippen molar-refractivity contribution < 1.29 is 42.3 Å². The van der Waals surface area contributed by atoms with Crippen LogP contribution in [0.2, 0.25) is 0 Å². The number of nitrogens with zero attached hydrogens (tertiary/aromatic N) is 3. The molecule has 2 saturated heterocycles. The third-order valence-corrected chi connectivity index (χ3v) is 10.4. The molecule has 2 fully saturated rings. The molecule has 4 N–H and O–H groups in total. The highest BCUT2D eigenvalue weighted by Gasteiger charge is 2.27. The van der Waals surface area contributed by atoms with E-state index in [-0.39, 0.29) is 22.9 Å². The van der Waals surface area contributed by atoms with Gasteiger partial charge in [-0.3, -0.25) is 19.8 Å². The summed E-state index contributed by atoms with van der Waals surface area (Å²) in [6, 6.07) is 24.3. The van der Waals surface area contributed by atoms with E-state index < -0.39 is 38.8 Å². The average molecular weight is 746 g/mol. The highest BCUT2D eigenvalue weighted by atomic mass is 32.2. The number of benzene rings is 4. The number of carbonyl (C=O) groups excluding carboxylic acids is 1. The number of hydrogen-bond donors (Lipinski definition) is 4. The number of nitro groups is 1. The van der Waals surface area contributed by atoms with Crippen molar-refractivity contribution in [3.05, 3.63) is 112 Å². The van der Waals surface area contributed by atoms with Crippen molar-refractivity contribution in [1.82, 2.24) is 9.62 Å². The van der Waals surface area contributed by atoms with Crippen LogP contribution in [0.25, 0.3) is 0 Å². The number of piperazine rings is 1. The maximum absolute atomic E-state index is 13.6. The summed E-state index contributed by atoms with van der Waals surface area (Å²) < 4.78 is 45.4. The first kappa shape index (κ1) is 37.6. The molecule has 0 spiro atoms. The number of nitro benzene ring substituents is 1. The number of carbonyl (C=O) groups is 1. The van der Waals surface area contributed by atoms with Crippen LogP contribution < -0.4 is 24.3 Å². The van der Waals surface area contributed by atoms with E-state index >= 15 is 0 Å². The predicted molar refractivity (Wildman–Crippen MR) is 197 cm³/mol. The monoisotopic (exact) mass is 745 g/mol. The van der Waals surface area contributed by atoms with Gasteiger partial charge in [-0.25, -0.2) is 13.1 Å². The first-order valence-electron chi connectivity index (χ1n) is 17.2. The maximum Gasteiger partial charge on any atom is 0.707 e. The number of ether oxygens (including phenoxy) is 2. The van der Waals surface area contributed by atoms with Crippen LogP contribution in [-0.2, 0) is 21.3 Å². The molecule has 0 bridgehead atoms. The topological polar surface area (TPSA) is 193 Å². The van der Waals surface area contributed by atoms with Crippen molar-refractivity contribution in [1.29, 1.82) is 0 Å². The van der Waals surface area contributed by atoms with Gasteiger partial charge in [-0.1, -0.05) is 30.3 Å². The zero-order valence-electron chi connectivity index (χ0n) is 28.8. The highest BCUT2D eigenvalue weighted by molar-refractivity contribution is 7.90. The number of para-hydroxylation sites is 1. The fourth-order valence-corrected chi connectivity index (χ4v) is 7.26. The smallest absolute Gasteiger partial charge is 0.512 e. The van der Waals surface area contributed by atoms with E-state index in [1.54, 1.807) is 54.6 Å². The van der Waals surface area contributed by atoms with Gasteiger partial charge in [0.1, 0.15) is 22.9 Å². The molecule has 0 atom stereocenters. The van der Waals surface area contributed by atoms with Crippen LogP contribution >= 0.6 is 0 Å². The SMILES string of the molecule is O=C(NS(=O)(=O)c1ccc(NCC2CCOCC2)c([N+](=O)[O-])c1)c1ccc(N2CCN(Cc3cccc(OB(O)O)c3)CC2)cc1Oc1ccccc1. The van der Waals surface area contributed by atoms with Gasteiger partial charge in [0.2, 0.25) is 0 Å². The first-order chi connectivity index (χ1) is 25.5. The summed E-state index contributed by atoms with van der Waals surface area (Å²) in [5.74, 6) is 0.231. The third kappa shape index (κ3) is 10.0. The molecule has 0 saturated carbocycles. The normalized spacial score (nSPS) is 15.4. The Balaban J connectivity index is 1.16. The zero-order valence-corrected chi connectivity index (χ0v) is 29.6. The standard InChI is InChI=1S/C36H40BN5O10S/c43-36(39-53(48,49)31-10-12-33(34(23-31)42(46)47)38-24-26-13-19-50-20-14-26)32-11-9-28(22-35(32)51-29-6-2-1-3-7-29)41-17-15-40(16-18-41)25-27-5-4-8-30(21-27)52-37(44)45/h1-12,21-23,26,38,44-45H,13-20,24-25H2,(H,39,43). The number of sulfonamides is 1. The van der Waals surface area contributed by atoms with E-state index in [1.165, 1.54) is 18.2 Å². The Bertz CT molecular complexity index is 2010. The summed E-state index contributed by atoms with van der Waals surface area (Å²) in [4.78, 5) is 28.8. The van der Waals surface area contributed by atoms with Crippen molar-refractivity contribution >= 4 is 40.3 Å². The third-order valence-electron chi connectivity index (χ3n) is 9.09. The highest BCUT2D eigenvalue weighted by Crippen LogP contribution is 2.32. The zero-order chi connectivity index (χ0) is 37.4. The number of anilines is 2. The van der Waals surface area contributed by atoms with E-state index in [0.717, 1.165) is 30.2 Å². The number of hydrogen-bond acceptors (Lipinski definition) is 13. The van der Waals surface area contributed by atoms with Crippen LogP contribution in [-0.4, -0.2) is 87.5 Å². The quantitative estimate of drug-likeness (QED) is 0.0823. The summed E-state index contributed by atoms with van der Waals surface area (Å²) >= 11 is 0. The van der Waals surface area contributed by atoms with Crippen LogP contribution in [0.1, 0.15) is 28.8 Å². The number of nitrogens with one attached hydrogen (secondary N) is 2. The van der Waals surface area contributed by atoms with Gasteiger partial charge in [-0.2, -0.15) is 0 Å². The summed E-state index contributed by atoms with van der Waals surface area (Å²) in [5.41, 5.74) is 1.44. The Hall–Kier alpha value is -5.20. The van der Waals surface area contributed by atoms with E-state index in [0.29, 0.717) is 64.0 Å².